The predicted octanol–water partition coefficient (Wildman–Crippen LogP) is 2.51. The van der Waals surface area contributed by atoms with Crippen LogP contribution in [0.1, 0.15) is 26.2 Å². The summed E-state index contributed by atoms with van der Waals surface area (Å²) in [6, 6.07) is 3.92. The summed E-state index contributed by atoms with van der Waals surface area (Å²) in [5.74, 6) is -1.68. The number of hydrogen-bond donors (Lipinski definition) is 0. The summed E-state index contributed by atoms with van der Waals surface area (Å²) in [4.78, 5) is 25.3. The summed E-state index contributed by atoms with van der Waals surface area (Å²) in [6.45, 7) is 1.85. The van der Waals surface area contributed by atoms with E-state index in [1.165, 1.54) is 11.8 Å². The van der Waals surface area contributed by atoms with E-state index in [9.17, 15) is 20.1 Å². The Morgan fingerprint density at radius 3 is 2.59 bits per heavy atom. The van der Waals surface area contributed by atoms with E-state index < -0.39 is 11.9 Å². The second kappa shape index (κ2) is 6.81. The second-order valence-electron chi connectivity index (χ2n) is 5.12. The van der Waals surface area contributed by atoms with Gasteiger partial charge < -0.3 is 4.74 Å². The maximum atomic E-state index is 12.6. The predicted molar refractivity (Wildman–Crippen MR) is 81.3 cm³/mol. The molecule has 0 aliphatic heterocycles. The summed E-state index contributed by atoms with van der Waals surface area (Å²) < 4.78 is 4.95. The monoisotopic (exact) mass is 316 g/mol. The van der Waals surface area contributed by atoms with Gasteiger partial charge in [-0.15, -0.1) is 11.8 Å². The summed E-state index contributed by atoms with van der Waals surface area (Å²) in [7, 11) is 0. The van der Waals surface area contributed by atoms with Gasteiger partial charge in [0, 0.05) is 16.7 Å². The van der Waals surface area contributed by atoms with Crippen LogP contribution in [0.15, 0.2) is 21.6 Å². The normalized spacial score (nSPS) is 26.1. The van der Waals surface area contributed by atoms with Crippen LogP contribution in [-0.2, 0) is 14.3 Å². The van der Waals surface area contributed by atoms with Crippen LogP contribution in [0.25, 0.3) is 0 Å². The molecule has 0 aromatic carbocycles. The van der Waals surface area contributed by atoms with E-state index in [1.54, 1.807) is 6.92 Å². The van der Waals surface area contributed by atoms with Crippen LogP contribution >= 0.6 is 11.8 Å². The van der Waals surface area contributed by atoms with Gasteiger partial charge in [-0.2, -0.15) is 10.5 Å². The topological polar surface area (TPSA) is 90.9 Å². The largest absolute Gasteiger partial charge is 0.462 e. The first-order chi connectivity index (χ1) is 10.6. The Kier molecular flexibility index (Phi) is 5.05. The molecule has 0 N–H and O–H groups in total. The van der Waals surface area contributed by atoms with Gasteiger partial charge in [0.15, 0.2) is 5.78 Å². The SMILES string of the molecule is CCOC(=O)/C(C#N)=C1\[C@@H]2CCC[C@H]1C(SC)=C(C#N)C2=O. The van der Waals surface area contributed by atoms with Gasteiger partial charge in [0.25, 0.3) is 0 Å². The highest BCUT2D eigenvalue weighted by Crippen LogP contribution is 2.49. The standard InChI is InChI=1S/C16H16N2O3S/c1-3-21-16(20)11(7-17)13-9-5-4-6-10(13)15(22-2)12(8-18)14(9)19/h9-10H,3-6H2,1-2H3/b13-11+/t9-,10+/m0/s1. The van der Waals surface area contributed by atoms with E-state index in [-0.39, 0.29) is 29.5 Å². The van der Waals surface area contributed by atoms with E-state index in [4.69, 9.17) is 4.74 Å². The first-order valence-electron chi connectivity index (χ1n) is 7.14. The number of thioether (sulfide) groups is 1. The highest BCUT2D eigenvalue weighted by atomic mass is 32.2. The van der Waals surface area contributed by atoms with Crippen molar-refractivity contribution in [2.24, 2.45) is 11.8 Å². The molecule has 0 amide bonds. The van der Waals surface area contributed by atoms with E-state index in [1.807, 2.05) is 18.4 Å². The zero-order chi connectivity index (χ0) is 16.3. The Morgan fingerprint density at radius 2 is 2.05 bits per heavy atom. The van der Waals surface area contributed by atoms with Crippen molar-refractivity contribution in [3.05, 3.63) is 21.6 Å². The van der Waals surface area contributed by atoms with Crippen LogP contribution in [0.3, 0.4) is 0 Å². The summed E-state index contributed by atoms with van der Waals surface area (Å²) in [5, 5.41) is 18.7. The van der Waals surface area contributed by atoms with Crippen molar-refractivity contribution in [1.29, 1.82) is 10.5 Å². The fraction of sp³-hybridized carbons (Fsp3) is 0.500. The van der Waals surface area contributed by atoms with E-state index >= 15 is 0 Å². The van der Waals surface area contributed by atoms with Crippen LogP contribution in [0.4, 0.5) is 0 Å². The molecule has 1 saturated carbocycles. The molecule has 2 aliphatic rings. The number of nitriles is 2. The molecule has 0 radical (unpaired) electrons. The average molecular weight is 316 g/mol. The highest BCUT2D eigenvalue weighted by Gasteiger charge is 2.44. The molecule has 114 valence electrons. The van der Waals surface area contributed by atoms with Crippen molar-refractivity contribution < 1.29 is 14.3 Å². The van der Waals surface area contributed by atoms with Gasteiger partial charge in [-0.3, -0.25) is 4.79 Å². The Labute approximate surface area is 133 Å². The maximum Gasteiger partial charge on any atom is 0.348 e. The molecule has 0 heterocycles. The molecule has 1 fully saturated rings. The third-order valence-corrected chi connectivity index (χ3v) is 5.00. The number of nitrogens with zero attached hydrogens (tertiary/aromatic N) is 2. The molecule has 6 heteroatoms. The molecule has 2 bridgehead atoms. The van der Waals surface area contributed by atoms with Crippen LogP contribution in [-0.4, -0.2) is 24.6 Å². The highest BCUT2D eigenvalue weighted by molar-refractivity contribution is 8.02. The quantitative estimate of drug-likeness (QED) is 0.451. The Balaban J connectivity index is 2.66. The molecule has 2 atom stereocenters. The van der Waals surface area contributed by atoms with Gasteiger partial charge in [-0.05, 0) is 31.6 Å². The lowest BCUT2D eigenvalue weighted by atomic mass is 9.67. The molecule has 0 unspecified atom stereocenters. The summed E-state index contributed by atoms with van der Waals surface area (Å²) in [5.41, 5.74) is 0.682. The number of allylic oxidation sites excluding steroid dienone is 3. The lowest BCUT2D eigenvalue weighted by molar-refractivity contribution is -0.138. The van der Waals surface area contributed by atoms with Crippen molar-refractivity contribution >= 4 is 23.5 Å². The number of Topliss-reactive ketones (excluding diaryl/α,β-unsaturated/α-hetero) is 1. The van der Waals surface area contributed by atoms with Crippen LogP contribution in [0, 0.1) is 34.5 Å². The Bertz CT molecular complexity index is 664. The minimum absolute atomic E-state index is 0.0616. The minimum Gasteiger partial charge on any atom is -0.462 e. The average Bonchev–Trinajstić information content (AvgIpc) is 2.52. The van der Waals surface area contributed by atoms with Gasteiger partial charge in [-0.25, -0.2) is 4.79 Å². The Hall–Kier alpha value is -2.05. The molecule has 22 heavy (non-hydrogen) atoms. The molecule has 5 nitrogen and oxygen atoms in total. The van der Waals surface area contributed by atoms with E-state index in [2.05, 4.69) is 0 Å². The third kappa shape index (κ3) is 2.55. The molecule has 0 aromatic rings. The van der Waals surface area contributed by atoms with Crippen LogP contribution in [0.2, 0.25) is 0 Å². The maximum absolute atomic E-state index is 12.6. The first-order valence-corrected chi connectivity index (χ1v) is 8.36. The molecular formula is C16H16N2O3S. The molecule has 0 aromatic heterocycles. The molecule has 2 rings (SSSR count). The van der Waals surface area contributed by atoms with Crippen LogP contribution in [0.5, 0.6) is 0 Å². The van der Waals surface area contributed by atoms with Gasteiger partial charge in [0.05, 0.1) is 6.61 Å². The van der Waals surface area contributed by atoms with Crippen molar-refractivity contribution in [3.8, 4) is 12.1 Å². The second-order valence-corrected chi connectivity index (χ2v) is 5.97. The zero-order valence-corrected chi connectivity index (χ0v) is 13.3. The molecule has 0 saturated heterocycles. The molecular weight excluding hydrogens is 300 g/mol. The number of esters is 1. The first kappa shape index (κ1) is 16.3. The minimum atomic E-state index is -0.675. The fourth-order valence-corrected chi connectivity index (χ4v) is 4.11. The smallest absolute Gasteiger partial charge is 0.348 e. The number of hydrogen-bond acceptors (Lipinski definition) is 6. The Morgan fingerprint density at radius 1 is 1.36 bits per heavy atom. The fourth-order valence-electron chi connectivity index (χ4n) is 3.23. The zero-order valence-electron chi connectivity index (χ0n) is 12.5. The number of ketones is 1. The lowest BCUT2D eigenvalue weighted by Crippen LogP contribution is -2.35. The molecule has 2 aliphatic carbocycles. The lowest BCUT2D eigenvalue weighted by Gasteiger charge is -2.37. The van der Waals surface area contributed by atoms with Gasteiger partial charge >= 0.3 is 5.97 Å². The van der Waals surface area contributed by atoms with Gasteiger partial charge in [0.1, 0.15) is 23.3 Å². The van der Waals surface area contributed by atoms with Crippen LogP contribution < -0.4 is 0 Å². The van der Waals surface area contributed by atoms with Crippen molar-refractivity contribution in [2.45, 2.75) is 26.2 Å². The van der Waals surface area contributed by atoms with E-state index in [0.717, 1.165) is 12.8 Å². The summed E-state index contributed by atoms with van der Waals surface area (Å²) in [6.07, 6.45) is 3.96. The van der Waals surface area contributed by atoms with E-state index in [0.29, 0.717) is 16.9 Å². The number of ether oxygens (including phenoxy) is 1. The number of fused-ring (bicyclic) bond motifs is 2. The van der Waals surface area contributed by atoms with Gasteiger partial charge in [0.2, 0.25) is 0 Å². The van der Waals surface area contributed by atoms with Crippen molar-refractivity contribution in [3.63, 3.8) is 0 Å². The summed E-state index contributed by atoms with van der Waals surface area (Å²) >= 11 is 1.35. The number of carbonyl (C=O) groups is 2. The van der Waals surface area contributed by atoms with Crippen molar-refractivity contribution in [2.75, 3.05) is 12.9 Å². The number of rotatable bonds is 3. The van der Waals surface area contributed by atoms with Gasteiger partial charge in [-0.1, -0.05) is 6.42 Å². The third-order valence-electron chi connectivity index (χ3n) is 4.07. The number of carbonyl (C=O) groups excluding carboxylic acids is 2. The van der Waals surface area contributed by atoms with Crippen molar-refractivity contribution in [1.82, 2.24) is 0 Å². The molecule has 0 spiro atoms.